The van der Waals surface area contributed by atoms with Gasteiger partial charge >= 0.3 is 0 Å². The second-order valence-corrected chi connectivity index (χ2v) is 7.47. The zero-order valence-electron chi connectivity index (χ0n) is 9.86. The number of H-pyrrole nitrogens is 1. The van der Waals surface area contributed by atoms with Gasteiger partial charge in [-0.1, -0.05) is 12.1 Å². The number of rotatable bonds is 4. The molecule has 0 amide bonds. The molecule has 19 heavy (non-hydrogen) atoms. The quantitative estimate of drug-likeness (QED) is 0.860. The lowest BCUT2D eigenvalue weighted by atomic mass is 10.3. The van der Waals surface area contributed by atoms with Gasteiger partial charge in [-0.2, -0.15) is 5.10 Å². The molecule has 102 valence electrons. The average Bonchev–Trinajstić information content (AvgIpc) is 2.81. The number of aromatic amines is 1. The first-order valence-corrected chi connectivity index (χ1v) is 8.49. The van der Waals surface area contributed by atoms with Crippen molar-refractivity contribution in [1.82, 2.24) is 10.2 Å². The molecule has 0 unspecified atom stereocenters. The number of sulfonamides is 1. The number of nitrogens with zero attached hydrogens (tertiary/aromatic N) is 1. The first kappa shape index (κ1) is 13.6. The van der Waals surface area contributed by atoms with Gasteiger partial charge in [0.15, 0.2) is 9.84 Å². The van der Waals surface area contributed by atoms with Gasteiger partial charge in [0.1, 0.15) is 4.90 Å². The highest BCUT2D eigenvalue weighted by molar-refractivity contribution is 7.93. The van der Waals surface area contributed by atoms with Crippen molar-refractivity contribution in [1.29, 1.82) is 0 Å². The third-order valence-electron chi connectivity index (χ3n) is 2.31. The molecule has 0 aliphatic heterocycles. The first-order valence-electron chi connectivity index (χ1n) is 5.11. The lowest BCUT2D eigenvalue weighted by molar-refractivity contribution is 0.601. The molecule has 0 radical (unpaired) electrons. The summed E-state index contributed by atoms with van der Waals surface area (Å²) < 4.78 is 49.3. The third kappa shape index (κ3) is 2.93. The number of aromatic nitrogens is 2. The Morgan fingerprint density at radius 2 is 1.84 bits per heavy atom. The van der Waals surface area contributed by atoms with Crippen LogP contribution in [0.25, 0.3) is 0 Å². The largest absolute Gasteiger partial charge is 0.284 e. The van der Waals surface area contributed by atoms with Gasteiger partial charge in [0.2, 0.25) is 0 Å². The fraction of sp³-hybridized carbons (Fsp3) is 0.100. The predicted molar refractivity (Wildman–Crippen MR) is 68.9 cm³/mol. The van der Waals surface area contributed by atoms with Crippen LogP contribution in [-0.2, 0) is 19.9 Å². The molecule has 7 nitrogen and oxygen atoms in total. The summed E-state index contributed by atoms with van der Waals surface area (Å²) in [6, 6.07) is 5.78. The molecule has 0 saturated heterocycles. The minimum absolute atomic E-state index is 0.00574. The summed E-state index contributed by atoms with van der Waals surface area (Å²) in [5.74, 6) is 0. The zero-order valence-corrected chi connectivity index (χ0v) is 11.5. The van der Waals surface area contributed by atoms with E-state index in [1.165, 1.54) is 24.4 Å². The number of benzene rings is 1. The molecule has 9 heteroatoms. The van der Waals surface area contributed by atoms with Gasteiger partial charge in [-0.25, -0.2) is 16.8 Å². The number of hydrogen-bond donors (Lipinski definition) is 2. The zero-order chi connectivity index (χ0) is 14.1. The van der Waals surface area contributed by atoms with Crippen LogP contribution >= 0.6 is 0 Å². The van der Waals surface area contributed by atoms with Crippen LogP contribution in [0.4, 0.5) is 5.69 Å². The summed E-state index contributed by atoms with van der Waals surface area (Å²) in [5.41, 5.74) is 0.00574. The monoisotopic (exact) mass is 301 g/mol. The van der Waals surface area contributed by atoms with Crippen molar-refractivity contribution in [3.63, 3.8) is 0 Å². The molecule has 0 aliphatic carbocycles. The Hall–Kier alpha value is -1.87. The Morgan fingerprint density at radius 1 is 1.16 bits per heavy atom. The fourth-order valence-electron chi connectivity index (χ4n) is 1.46. The summed E-state index contributed by atoms with van der Waals surface area (Å²) in [6.07, 6.45) is 3.34. The van der Waals surface area contributed by atoms with Gasteiger partial charge in [0, 0.05) is 12.5 Å². The van der Waals surface area contributed by atoms with Gasteiger partial charge in [-0.15, -0.1) is 0 Å². The molecule has 1 aromatic heterocycles. The SMILES string of the molecule is CS(=O)(=O)c1ccccc1NS(=O)(=O)c1cn[nH]c1. The Kier molecular flexibility index (Phi) is 3.33. The van der Waals surface area contributed by atoms with E-state index in [-0.39, 0.29) is 15.5 Å². The second kappa shape index (κ2) is 4.67. The molecular weight excluding hydrogens is 290 g/mol. The fourth-order valence-corrected chi connectivity index (χ4v) is 3.36. The third-order valence-corrected chi connectivity index (χ3v) is 4.80. The molecule has 0 saturated carbocycles. The number of hydrogen-bond acceptors (Lipinski definition) is 5. The van der Waals surface area contributed by atoms with Crippen molar-refractivity contribution in [3.8, 4) is 0 Å². The minimum Gasteiger partial charge on any atom is -0.284 e. The maximum absolute atomic E-state index is 12.0. The minimum atomic E-state index is -3.86. The van der Waals surface area contributed by atoms with Crippen molar-refractivity contribution >= 4 is 25.5 Å². The molecule has 2 rings (SSSR count). The normalized spacial score (nSPS) is 12.3. The number of para-hydroxylation sites is 1. The lowest BCUT2D eigenvalue weighted by Crippen LogP contribution is -2.14. The van der Waals surface area contributed by atoms with Crippen molar-refractivity contribution in [2.24, 2.45) is 0 Å². The van der Waals surface area contributed by atoms with Crippen LogP contribution in [-0.4, -0.2) is 33.3 Å². The van der Waals surface area contributed by atoms with Crippen LogP contribution in [0.1, 0.15) is 0 Å². The lowest BCUT2D eigenvalue weighted by Gasteiger charge is -2.10. The van der Waals surface area contributed by atoms with E-state index in [9.17, 15) is 16.8 Å². The van der Waals surface area contributed by atoms with E-state index in [2.05, 4.69) is 14.9 Å². The highest BCUT2D eigenvalue weighted by Crippen LogP contribution is 2.23. The Balaban J connectivity index is 2.46. The van der Waals surface area contributed by atoms with Crippen LogP contribution in [0.3, 0.4) is 0 Å². The van der Waals surface area contributed by atoms with Gasteiger partial charge in [-0.3, -0.25) is 9.82 Å². The topological polar surface area (TPSA) is 109 Å². The van der Waals surface area contributed by atoms with Crippen LogP contribution in [0.2, 0.25) is 0 Å². The molecule has 0 aliphatic rings. The Bertz CT molecular complexity index is 780. The molecule has 2 N–H and O–H groups in total. The molecule has 0 bridgehead atoms. The van der Waals surface area contributed by atoms with Crippen molar-refractivity contribution in [2.45, 2.75) is 9.79 Å². The van der Waals surface area contributed by atoms with Crippen molar-refractivity contribution < 1.29 is 16.8 Å². The summed E-state index contributed by atoms with van der Waals surface area (Å²) in [5, 5.41) is 5.92. The predicted octanol–water partition coefficient (Wildman–Crippen LogP) is 0.614. The number of sulfone groups is 1. The number of anilines is 1. The van der Waals surface area contributed by atoms with E-state index >= 15 is 0 Å². The average molecular weight is 301 g/mol. The van der Waals surface area contributed by atoms with E-state index in [1.807, 2.05) is 0 Å². The summed E-state index contributed by atoms with van der Waals surface area (Å²) in [4.78, 5) is -0.155. The molecule has 0 spiro atoms. The van der Waals surface area contributed by atoms with E-state index in [1.54, 1.807) is 6.07 Å². The second-order valence-electron chi connectivity index (χ2n) is 3.81. The van der Waals surface area contributed by atoms with Gasteiger partial charge in [0.25, 0.3) is 10.0 Å². The summed E-state index contributed by atoms with van der Waals surface area (Å²) in [7, 11) is -7.39. The standard InChI is InChI=1S/C10H11N3O4S2/c1-18(14,15)10-5-3-2-4-9(10)13-19(16,17)8-6-11-12-7-8/h2-7,13H,1H3,(H,11,12). The van der Waals surface area contributed by atoms with E-state index in [0.29, 0.717) is 0 Å². The smallest absolute Gasteiger partial charge is 0.265 e. The molecule has 1 aromatic carbocycles. The number of nitrogens with one attached hydrogen (secondary N) is 2. The van der Waals surface area contributed by atoms with Crippen LogP contribution < -0.4 is 4.72 Å². The van der Waals surface area contributed by atoms with Crippen molar-refractivity contribution in [2.75, 3.05) is 11.0 Å². The van der Waals surface area contributed by atoms with Gasteiger partial charge in [-0.05, 0) is 12.1 Å². The van der Waals surface area contributed by atoms with Crippen molar-refractivity contribution in [3.05, 3.63) is 36.7 Å². The summed E-state index contributed by atoms with van der Waals surface area (Å²) >= 11 is 0. The van der Waals surface area contributed by atoms with E-state index in [4.69, 9.17) is 0 Å². The van der Waals surface area contributed by atoms with Crippen LogP contribution in [0.5, 0.6) is 0 Å². The first-order chi connectivity index (χ1) is 8.81. The molecule has 2 aromatic rings. The maximum Gasteiger partial charge on any atom is 0.265 e. The Labute approximate surface area is 110 Å². The van der Waals surface area contributed by atoms with E-state index < -0.39 is 19.9 Å². The highest BCUT2D eigenvalue weighted by atomic mass is 32.2. The molecule has 0 atom stereocenters. The van der Waals surface area contributed by atoms with E-state index in [0.717, 1.165) is 12.5 Å². The maximum atomic E-state index is 12.0. The molecule has 0 fully saturated rings. The summed E-state index contributed by atoms with van der Waals surface area (Å²) in [6.45, 7) is 0. The highest BCUT2D eigenvalue weighted by Gasteiger charge is 2.20. The van der Waals surface area contributed by atoms with Gasteiger partial charge < -0.3 is 0 Å². The molecule has 1 heterocycles. The Morgan fingerprint density at radius 3 is 2.42 bits per heavy atom. The van der Waals surface area contributed by atoms with Gasteiger partial charge in [0.05, 0.1) is 16.8 Å². The van der Waals surface area contributed by atoms with Crippen LogP contribution in [0.15, 0.2) is 46.5 Å². The van der Waals surface area contributed by atoms with Crippen LogP contribution in [0, 0.1) is 0 Å². The molecular formula is C10H11N3O4S2.